The summed E-state index contributed by atoms with van der Waals surface area (Å²) in [6.45, 7) is 0.614. The second-order valence-corrected chi connectivity index (χ2v) is 6.24. The van der Waals surface area contributed by atoms with E-state index >= 15 is 0 Å². The lowest BCUT2D eigenvalue weighted by atomic mass is 10.1. The van der Waals surface area contributed by atoms with E-state index in [1.807, 2.05) is 16.0 Å². The van der Waals surface area contributed by atoms with E-state index < -0.39 is 6.10 Å². The summed E-state index contributed by atoms with van der Waals surface area (Å²) in [5, 5.41) is 4.83. The van der Waals surface area contributed by atoms with Crippen LogP contribution in [0.5, 0.6) is 0 Å². The van der Waals surface area contributed by atoms with Gasteiger partial charge in [-0.15, -0.1) is 11.3 Å². The van der Waals surface area contributed by atoms with Crippen LogP contribution in [0.3, 0.4) is 0 Å². The number of anilines is 1. The molecule has 1 atom stereocenters. The van der Waals surface area contributed by atoms with Crippen LogP contribution in [0.1, 0.15) is 12.8 Å². The average Bonchev–Trinajstić information content (AvgIpc) is 3.26. The molecule has 1 amide bonds. The number of ether oxygens (including phenoxy) is 1. The van der Waals surface area contributed by atoms with Crippen LogP contribution < -0.4 is 5.32 Å². The minimum absolute atomic E-state index is 0.168. The van der Waals surface area contributed by atoms with Crippen LogP contribution in [0.15, 0.2) is 35.8 Å². The number of thiazole rings is 1. The van der Waals surface area contributed by atoms with Gasteiger partial charge < -0.3 is 10.1 Å². The summed E-state index contributed by atoms with van der Waals surface area (Å²) in [5.41, 5.74) is 1.38. The molecule has 23 heavy (non-hydrogen) atoms. The molecule has 1 aliphatic heterocycles. The first-order valence-electron chi connectivity index (χ1n) is 7.36. The molecule has 4 rings (SSSR count). The highest BCUT2D eigenvalue weighted by Crippen LogP contribution is 2.31. The van der Waals surface area contributed by atoms with Crippen molar-refractivity contribution in [2.45, 2.75) is 18.9 Å². The lowest BCUT2D eigenvalue weighted by molar-refractivity contribution is -0.124. The standard InChI is InChI=1S/C16H14FN3O2S/c17-11-5-3-10(4-6-11)13-14(20-7-9-23-16(20)18-13)19-15(21)12-2-1-8-22-12/h3-7,9,12H,1-2,8H2,(H,19,21)/t12-/m1/s1. The molecule has 1 N–H and O–H groups in total. The first-order chi connectivity index (χ1) is 11.2. The van der Waals surface area contributed by atoms with Crippen molar-refractivity contribution in [2.24, 2.45) is 0 Å². The maximum Gasteiger partial charge on any atom is 0.254 e. The normalized spacial score (nSPS) is 17.7. The lowest BCUT2D eigenvalue weighted by Crippen LogP contribution is -2.27. The molecule has 5 nitrogen and oxygen atoms in total. The molecule has 2 aromatic heterocycles. The molecule has 0 spiro atoms. The largest absolute Gasteiger partial charge is 0.368 e. The zero-order valence-electron chi connectivity index (χ0n) is 12.2. The fourth-order valence-corrected chi connectivity index (χ4v) is 3.41. The van der Waals surface area contributed by atoms with Gasteiger partial charge in [-0.05, 0) is 37.1 Å². The summed E-state index contributed by atoms with van der Waals surface area (Å²) in [7, 11) is 0. The van der Waals surface area contributed by atoms with Crippen molar-refractivity contribution >= 4 is 28.0 Å². The molecule has 3 heterocycles. The molecule has 0 aliphatic carbocycles. The molecule has 1 aliphatic rings. The minimum Gasteiger partial charge on any atom is -0.368 e. The lowest BCUT2D eigenvalue weighted by Gasteiger charge is -2.11. The van der Waals surface area contributed by atoms with Gasteiger partial charge in [0.05, 0.1) is 0 Å². The minimum atomic E-state index is -0.416. The van der Waals surface area contributed by atoms with Gasteiger partial charge in [0, 0.05) is 23.7 Å². The van der Waals surface area contributed by atoms with Crippen LogP contribution in [0.2, 0.25) is 0 Å². The Labute approximate surface area is 135 Å². The molecule has 7 heteroatoms. The second kappa shape index (κ2) is 5.75. The van der Waals surface area contributed by atoms with Crippen molar-refractivity contribution in [3.05, 3.63) is 41.7 Å². The predicted octanol–water partition coefficient (Wildman–Crippen LogP) is 3.32. The quantitative estimate of drug-likeness (QED) is 0.801. The third-order valence-electron chi connectivity index (χ3n) is 3.84. The first-order valence-corrected chi connectivity index (χ1v) is 8.24. The topological polar surface area (TPSA) is 55.6 Å². The molecule has 1 fully saturated rings. The smallest absolute Gasteiger partial charge is 0.254 e. The van der Waals surface area contributed by atoms with E-state index in [1.54, 1.807) is 12.1 Å². The SMILES string of the molecule is O=C(Nc1c(-c2ccc(F)cc2)nc2sccn12)[C@H]1CCCO1. The van der Waals surface area contributed by atoms with Gasteiger partial charge in [-0.1, -0.05) is 0 Å². The van der Waals surface area contributed by atoms with Gasteiger partial charge in [0.25, 0.3) is 5.91 Å². The molecule has 0 unspecified atom stereocenters. The van der Waals surface area contributed by atoms with Crippen LogP contribution in [0.4, 0.5) is 10.2 Å². The Bertz CT molecular complexity index is 850. The third-order valence-corrected chi connectivity index (χ3v) is 4.60. The van der Waals surface area contributed by atoms with Crippen LogP contribution in [0, 0.1) is 5.82 Å². The molecular formula is C16H14FN3O2S. The molecule has 0 radical (unpaired) electrons. The number of fused-ring (bicyclic) bond motifs is 1. The van der Waals surface area contributed by atoms with E-state index in [2.05, 4.69) is 10.3 Å². The summed E-state index contributed by atoms with van der Waals surface area (Å²) in [4.78, 5) is 17.7. The number of benzene rings is 1. The van der Waals surface area contributed by atoms with E-state index in [1.165, 1.54) is 23.5 Å². The predicted molar refractivity (Wildman–Crippen MR) is 86.1 cm³/mol. The highest BCUT2D eigenvalue weighted by atomic mass is 32.1. The van der Waals surface area contributed by atoms with E-state index in [0.717, 1.165) is 23.4 Å². The van der Waals surface area contributed by atoms with Gasteiger partial charge in [0.15, 0.2) is 4.96 Å². The zero-order valence-corrected chi connectivity index (χ0v) is 13.0. The number of carbonyl (C=O) groups is 1. The van der Waals surface area contributed by atoms with Crippen LogP contribution in [0.25, 0.3) is 16.2 Å². The fraction of sp³-hybridized carbons (Fsp3) is 0.250. The monoisotopic (exact) mass is 331 g/mol. The van der Waals surface area contributed by atoms with E-state index in [0.29, 0.717) is 18.1 Å². The summed E-state index contributed by atoms with van der Waals surface area (Å²) < 4.78 is 20.4. The highest BCUT2D eigenvalue weighted by Gasteiger charge is 2.26. The van der Waals surface area contributed by atoms with Crippen LogP contribution in [-0.4, -0.2) is 28.0 Å². The van der Waals surface area contributed by atoms with Gasteiger partial charge in [-0.3, -0.25) is 9.20 Å². The van der Waals surface area contributed by atoms with Gasteiger partial charge in [-0.2, -0.15) is 0 Å². The number of imidazole rings is 1. The summed E-state index contributed by atoms with van der Waals surface area (Å²) in [6.07, 6.45) is 3.05. The van der Waals surface area contributed by atoms with Crippen molar-refractivity contribution in [1.82, 2.24) is 9.38 Å². The Morgan fingerprint density at radius 1 is 1.39 bits per heavy atom. The Morgan fingerprint density at radius 3 is 2.96 bits per heavy atom. The van der Waals surface area contributed by atoms with E-state index in [-0.39, 0.29) is 11.7 Å². The fourth-order valence-electron chi connectivity index (χ4n) is 2.70. The molecular weight excluding hydrogens is 317 g/mol. The number of amides is 1. The Balaban J connectivity index is 1.74. The maximum absolute atomic E-state index is 13.2. The third kappa shape index (κ3) is 2.62. The number of halogens is 1. The van der Waals surface area contributed by atoms with Crippen molar-refractivity contribution < 1.29 is 13.9 Å². The van der Waals surface area contributed by atoms with Crippen molar-refractivity contribution in [1.29, 1.82) is 0 Å². The zero-order chi connectivity index (χ0) is 15.8. The molecule has 1 aromatic carbocycles. The Morgan fingerprint density at radius 2 is 2.22 bits per heavy atom. The Kier molecular flexibility index (Phi) is 3.59. The number of hydrogen-bond donors (Lipinski definition) is 1. The van der Waals surface area contributed by atoms with Crippen molar-refractivity contribution in [2.75, 3.05) is 11.9 Å². The maximum atomic E-state index is 13.2. The van der Waals surface area contributed by atoms with E-state index in [9.17, 15) is 9.18 Å². The van der Waals surface area contributed by atoms with Gasteiger partial charge in [-0.25, -0.2) is 9.37 Å². The summed E-state index contributed by atoms with van der Waals surface area (Å²) >= 11 is 1.47. The number of rotatable bonds is 3. The van der Waals surface area contributed by atoms with Gasteiger partial charge >= 0.3 is 0 Å². The van der Waals surface area contributed by atoms with Gasteiger partial charge in [0.1, 0.15) is 23.4 Å². The van der Waals surface area contributed by atoms with Crippen molar-refractivity contribution in [3.8, 4) is 11.3 Å². The number of hydrogen-bond acceptors (Lipinski definition) is 4. The number of nitrogens with one attached hydrogen (secondary N) is 1. The number of nitrogens with zero attached hydrogens (tertiary/aromatic N) is 2. The molecule has 118 valence electrons. The van der Waals surface area contributed by atoms with E-state index in [4.69, 9.17) is 4.74 Å². The summed E-state index contributed by atoms with van der Waals surface area (Å²) in [6, 6.07) is 6.08. The van der Waals surface area contributed by atoms with Crippen LogP contribution >= 0.6 is 11.3 Å². The number of carbonyl (C=O) groups excluding carboxylic acids is 1. The molecule has 0 saturated carbocycles. The molecule has 1 saturated heterocycles. The number of aromatic nitrogens is 2. The average molecular weight is 331 g/mol. The molecule has 3 aromatic rings. The highest BCUT2D eigenvalue weighted by molar-refractivity contribution is 7.15. The first kappa shape index (κ1) is 14.3. The Hall–Kier alpha value is -2.25. The summed E-state index contributed by atoms with van der Waals surface area (Å²) in [5.74, 6) is 0.118. The van der Waals surface area contributed by atoms with Gasteiger partial charge in [0.2, 0.25) is 0 Å². The van der Waals surface area contributed by atoms with Crippen LogP contribution in [-0.2, 0) is 9.53 Å². The van der Waals surface area contributed by atoms with Crippen molar-refractivity contribution in [3.63, 3.8) is 0 Å². The second-order valence-electron chi connectivity index (χ2n) is 5.36. The molecule has 0 bridgehead atoms.